The lowest BCUT2D eigenvalue weighted by atomic mass is 10.2. The van der Waals surface area contributed by atoms with Crippen molar-refractivity contribution in [3.8, 4) is 0 Å². The van der Waals surface area contributed by atoms with Crippen molar-refractivity contribution in [2.75, 3.05) is 24.7 Å². The van der Waals surface area contributed by atoms with Gasteiger partial charge in [0.15, 0.2) is 0 Å². The van der Waals surface area contributed by atoms with Crippen LogP contribution in [0, 0.1) is 0 Å². The molecule has 0 N–H and O–H groups in total. The van der Waals surface area contributed by atoms with E-state index in [0.717, 1.165) is 27.8 Å². The van der Waals surface area contributed by atoms with Crippen molar-refractivity contribution in [1.29, 1.82) is 0 Å². The van der Waals surface area contributed by atoms with Crippen LogP contribution in [0.5, 0.6) is 0 Å². The predicted octanol–water partition coefficient (Wildman–Crippen LogP) is 4.44. The Hall–Kier alpha value is -4.03. The summed E-state index contributed by atoms with van der Waals surface area (Å²) in [6.45, 7) is 1.21. The summed E-state index contributed by atoms with van der Waals surface area (Å²) in [5.41, 5.74) is 3.93. The number of aliphatic imine (C=N–C) groups is 1. The number of morpholine rings is 1. The van der Waals surface area contributed by atoms with Gasteiger partial charge < -0.3 is 9.64 Å². The van der Waals surface area contributed by atoms with E-state index in [-0.39, 0.29) is 18.4 Å². The van der Waals surface area contributed by atoms with E-state index >= 15 is 0 Å². The van der Waals surface area contributed by atoms with E-state index in [2.05, 4.69) is 4.99 Å². The van der Waals surface area contributed by atoms with E-state index in [9.17, 15) is 9.59 Å². The van der Waals surface area contributed by atoms with Crippen molar-refractivity contribution in [2.24, 2.45) is 4.99 Å². The van der Waals surface area contributed by atoms with Crippen molar-refractivity contribution < 1.29 is 14.3 Å². The molecule has 1 saturated heterocycles. The normalized spacial score (nSPS) is 14.4. The lowest BCUT2D eigenvalue weighted by Crippen LogP contribution is -2.41. The van der Waals surface area contributed by atoms with Crippen LogP contribution in [0.2, 0.25) is 0 Å². The van der Waals surface area contributed by atoms with Crippen molar-refractivity contribution in [1.82, 2.24) is 4.57 Å². The number of carbonyl (C=O) groups is 2. The number of carbonyl (C=O) groups excluding carboxylic acids is 2. The second-order valence-electron chi connectivity index (χ2n) is 7.52. The fraction of sp³-hybridized carbons (Fsp3) is 0.115. The van der Waals surface area contributed by atoms with E-state index in [4.69, 9.17) is 4.74 Å². The maximum absolute atomic E-state index is 13.0. The van der Waals surface area contributed by atoms with E-state index in [1.165, 1.54) is 0 Å². The number of hydrogen-bond acceptors (Lipinski definition) is 4. The third kappa shape index (κ3) is 3.84. The first kappa shape index (κ1) is 19.9. The highest BCUT2D eigenvalue weighted by atomic mass is 16.5. The first-order valence-corrected chi connectivity index (χ1v) is 10.4. The lowest BCUT2D eigenvalue weighted by molar-refractivity contribution is -0.125. The standard InChI is InChI=1S/C26H21N3O3/c30-25-18-32-15-14-28(25)22-12-10-21(11-13-22)27-16-20-17-29(24-9-5-4-8-23(20)24)26(31)19-6-2-1-3-7-19/h1-13,16-17H,14-15,18H2. The lowest BCUT2D eigenvalue weighted by Gasteiger charge is -2.26. The minimum atomic E-state index is -0.0824. The van der Waals surface area contributed by atoms with Gasteiger partial charge in [-0.1, -0.05) is 36.4 Å². The molecule has 1 amide bonds. The second kappa shape index (κ2) is 8.61. The Bertz CT molecular complexity index is 1310. The summed E-state index contributed by atoms with van der Waals surface area (Å²) >= 11 is 0. The predicted molar refractivity (Wildman–Crippen MR) is 125 cm³/mol. The fourth-order valence-corrected chi connectivity index (χ4v) is 3.85. The molecule has 0 atom stereocenters. The highest BCUT2D eigenvalue weighted by Crippen LogP contribution is 2.24. The summed E-state index contributed by atoms with van der Waals surface area (Å²) < 4.78 is 6.85. The number of para-hydroxylation sites is 1. The Balaban J connectivity index is 1.43. The van der Waals surface area contributed by atoms with Crippen LogP contribution in [-0.2, 0) is 9.53 Å². The first-order chi connectivity index (χ1) is 15.7. The van der Waals surface area contributed by atoms with Gasteiger partial charge in [0.1, 0.15) is 6.61 Å². The van der Waals surface area contributed by atoms with Crippen LogP contribution < -0.4 is 4.90 Å². The molecule has 0 bridgehead atoms. The molecule has 1 fully saturated rings. The van der Waals surface area contributed by atoms with E-state index in [1.54, 1.807) is 15.7 Å². The molecule has 32 heavy (non-hydrogen) atoms. The maximum atomic E-state index is 13.0. The smallest absolute Gasteiger partial charge is 0.262 e. The molecule has 1 aliphatic rings. The summed E-state index contributed by atoms with van der Waals surface area (Å²) in [7, 11) is 0. The summed E-state index contributed by atoms with van der Waals surface area (Å²) in [6.07, 6.45) is 3.59. The third-order valence-electron chi connectivity index (χ3n) is 5.48. The number of hydrogen-bond donors (Lipinski definition) is 0. The monoisotopic (exact) mass is 423 g/mol. The van der Waals surface area contributed by atoms with Crippen LogP contribution in [0.15, 0.2) is 90.1 Å². The van der Waals surface area contributed by atoms with Crippen molar-refractivity contribution in [3.63, 3.8) is 0 Å². The molecule has 0 radical (unpaired) electrons. The maximum Gasteiger partial charge on any atom is 0.262 e. The molecule has 1 aromatic heterocycles. The molecule has 6 heteroatoms. The molecule has 6 nitrogen and oxygen atoms in total. The van der Waals surface area contributed by atoms with Gasteiger partial charge in [-0.25, -0.2) is 0 Å². The van der Waals surface area contributed by atoms with E-state index in [1.807, 2.05) is 85.1 Å². The number of fused-ring (bicyclic) bond motifs is 1. The SMILES string of the molecule is O=C1COCCN1c1ccc(N=Cc2cn(C(=O)c3ccccc3)c3ccccc23)cc1. The minimum absolute atomic E-state index is 0.0385. The molecule has 3 aromatic carbocycles. The molecular formula is C26H21N3O3. The third-order valence-corrected chi connectivity index (χ3v) is 5.48. The molecule has 158 valence electrons. The molecule has 0 spiro atoms. The van der Waals surface area contributed by atoms with Gasteiger partial charge in [-0.05, 0) is 42.5 Å². The van der Waals surface area contributed by atoms with Gasteiger partial charge in [-0.3, -0.25) is 19.1 Å². The Morgan fingerprint density at radius 3 is 2.47 bits per heavy atom. The van der Waals surface area contributed by atoms with Gasteiger partial charge in [-0.2, -0.15) is 0 Å². The van der Waals surface area contributed by atoms with Crippen LogP contribution >= 0.6 is 0 Å². The molecular weight excluding hydrogens is 402 g/mol. The zero-order valence-corrected chi connectivity index (χ0v) is 17.3. The number of nitrogens with zero attached hydrogens (tertiary/aromatic N) is 3. The summed E-state index contributed by atoms with van der Waals surface area (Å²) in [6, 6.07) is 24.5. The topological polar surface area (TPSA) is 63.9 Å². The van der Waals surface area contributed by atoms with Crippen molar-refractivity contribution >= 4 is 40.3 Å². The average molecular weight is 423 g/mol. The number of anilines is 1. The van der Waals surface area contributed by atoms with Crippen LogP contribution in [0.1, 0.15) is 15.9 Å². The molecule has 4 aromatic rings. The summed E-state index contributed by atoms with van der Waals surface area (Å²) in [5.74, 6) is -0.121. The average Bonchev–Trinajstić information content (AvgIpc) is 3.22. The molecule has 0 unspecified atom stereocenters. The first-order valence-electron chi connectivity index (χ1n) is 10.4. The van der Waals surface area contributed by atoms with Gasteiger partial charge in [0.05, 0.1) is 17.8 Å². The number of ether oxygens (including phenoxy) is 1. The Kier molecular flexibility index (Phi) is 5.35. The quantitative estimate of drug-likeness (QED) is 0.456. The fourth-order valence-electron chi connectivity index (χ4n) is 3.85. The molecule has 5 rings (SSSR count). The molecule has 2 heterocycles. The largest absolute Gasteiger partial charge is 0.370 e. The molecule has 1 aliphatic heterocycles. The number of amides is 1. The van der Waals surface area contributed by atoms with Gasteiger partial charge in [-0.15, -0.1) is 0 Å². The molecule has 0 aliphatic carbocycles. The van der Waals surface area contributed by atoms with Crippen molar-refractivity contribution in [3.05, 3.63) is 96.2 Å². The Morgan fingerprint density at radius 2 is 1.69 bits per heavy atom. The summed E-state index contributed by atoms with van der Waals surface area (Å²) in [4.78, 5) is 31.4. The summed E-state index contributed by atoms with van der Waals surface area (Å²) in [5, 5.41) is 0.955. The van der Waals surface area contributed by atoms with Gasteiger partial charge in [0, 0.05) is 41.2 Å². The van der Waals surface area contributed by atoms with Gasteiger partial charge in [0.2, 0.25) is 0 Å². The Labute approximate surface area is 185 Å². The zero-order chi connectivity index (χ0) is 21.9. The number of aromatic nitrogens is 1. The van der Waals surface area contributed by atoms with Gasteiger partial charge in [0.25, 0.3) is 11.8 Å². The van der Waals surface area contributed by atoms with Crippen LogP contribution in [0.4, 0.5) is 11.4 Å². The Morgan fingerprint density at radius 1 is 0.938 bits per heavy atom. The minimum Gasteiger partial charge on any atom is -0.370 e. The highest BCUT2D eigenvalue weighted by molar-refractivity contribution is 6.07. The van der Waals surface area contributed by atoms with Crippen molar-refractivity contribution in [2.45, 2.75) is 0 Å². The second-order valence-corrected chi connectivity index (χ2v) is 7.52. The van der Waals surface area contributed by atoms with Crippen LogP contribution in [0.25, 0.3) is 10.9 Å². The molecule has 0 saturated carbocycles. The van der Waals surface area contributed by atoms with Crippen LogP contribution in [0.3, 0.4) is 0 Å². The van der Waals surface area contributed by atoms with Gasteiger partial charge >= 0.3 is 0 Å². The zero-order valence-electron chi connectivity index (χ0n) is 17.3. The van der Waals surface area contributed by atoms with E-state index in [0.29, 0.717) is 18.7 Å². The number of benzene rings is 3. The van der Waals surface area contributed by atoms with Crippen LogP contribution in [-0.4, -0.2) is 42.4 Å². The number of rotatable bonds is 4. The highest BCUT2D eigenvalue weighted by Gasteiger charge is 2.20. The van der Waals surface area contributed by atoms with E-state index < -0.39 is 0 Å².